The minimum absolute atomic E-state index is 0.101. The number of aliphatic hydroxyl groups excluding tert-OH is 1. The first kappa shape index (κ1) is 22.2. The number of ether oxygens (including phenoxy) is 3. The van der Waals surface area contributed by atoms with Crippen LogP contribution in [0.1, 0.15) is 39.5 Å². The molecule has 0 aromatic heterocycles. The van der Waals surface area contributed by atoms with Crippen LogP contribution in [0.25, 0.3) is 0 Å². The molecule has 0 radical (unpaired) electrons. The molecule has 0 aromatic carbocycles. The predicted molar refractivity (Wildman–Crippen MR) is 114 cm³/mol. The van der Waals surface area contributed by atoms with Gasteiger partial charge in [-0.2, -0.15) is 0 Å². The third kappa shape index (κ3) is 1.86. The van der Waals surface area contributed by atoms with E-state index in [2.05, 4.69) is 18.7 Å². The summed E-state index contributed by atoms with van der Waals surface area (Å²) in [5.41, 5.74) is -6.17. The number of hydrogen-bond donors (Lipinski definition) is 4. The Bertz CT molecular complexity index is 828. The second-order valence-corrected chi connectivity index (χ2v) is 11.9. The summed E-state index contributed by atoms with van der Waals surface area (Å²) >= 11 is 0. The lowest BCUT2D eigenvalue weighted by Crippen LogP contribution is -2.86. The first-order chi connectivity index (χ1) is 15.1. The summed E-state index contributed by atoms with van der Waals surface area (Å²) in [5.74, 6) is -1.21. The number of fused-ring (bicyclic) bond motifs is 2. The summed E-state index contributed by atoms with van der Waals surface area (Å²) in [4.78, 5) is 2.21. The van der Waals surface area contributed by atoms with Crippen molar-refractivity contribution in [3.63, 3.8) is 0 Å². The van der Waals surface area contributed by atoms with Crippen LogP contribution in [-0.2, 0) is 14.2 Å². The molecule has 0 aromatic rings. The highest BCUT2D eigenvalue weighted by Gasteiger charge is 2.94. The van der Waals surface area contributed by atoms with E-state index in [1.54, 1.807) is 21.3 Å². The molecule has 6 rings (SSSR count). The quantitative estimate of drug-likeness (QED) is 0.462. The topological polar surface area (TPSA) is 112 Å². The summed E-state index contributed by atoms with van der Waals surface area (Å²) in [6.45, 7) is 5.61. The summed E-state index contributed by atoms with van der Waals surface area (Å²) in [5, 5.41) is 50.0. The zero-order chi connectivity index (χ0) is 23.1. The molecule has 7 bridgehead atoms. The molecule has 4 N–H and O–H groups in total. The number of methoxy groups -OCH3 is 3. The molecular weight excluding hydrogens is 414 g/mol. The van der Waals surface area contributed by atoms with Gasteiger partial charge in [0, 0.05) is 52.0 Å². The van der Waals surface area contributed by atoms with E-state index in [9.17, 15) is 20.4 Å². The van der Waals surface area contributed by atoms with E-state index in [4.69, 9.17) is 14.2 Å². The number of piperidine rings is 1. The summed E-state index contributed by atoms with van der Waals surface area (Å²) < 4.78 is 17.9. The van der Waals surface area contributed by atoms with Gasteiger partial charge >= 0.3 is 0 Å². The van der Waals surface area contributed by atoms with Crippen LogP contribution in [0.5, 0.6) is 0 Å². The number of rotatable bonds is 4. The SMILES string of the molecule is CCN1C[C@]2(C)CC[C@H](OC)[C@@]34[C@@H]2[C@H](O)[C@@](O)([C@@H]13)[C@@]1(O)C[C@H](OC)[C@H]2C[C@]4(O)[C@@H]1[C@H]2OC. The second-order valence-electron chi connectivity index (χ2n) is 11.9. The first-order valence-electron chi connectivity index (χ1n) is 12.2. The molecule has 182 valence electrons. The van der Waals surface area contributed by atoms with Crippen molar-refractivity contribution in [1.82, 2.24) is 4.90 Å². The van der Waals surface area contributed by atoms with Gasteiger partial charge in [0.05, 0.1) is 41.5 Å². The maximum Gasteiger partial charge on any atom is 0.136 e. The molecule has 1 heterocycles. The fourth-order valence-corrected chi connectivity index (χ4v) is 10.7. The summed E-state index contributed by atoms with van der Waals surface area (Å²) in [7, 11) is 4.89. The summed E-state index contributed by atoms with van der Waals surface area (Å²) in [6.07, 6.45) is -0.212. The minimum Gasteiger partial charge on any atom is -0.390 e. The molecule has 5 saturated carbocycles. The van der Waals surface area contributed by atoms with Gasteiger partial charge in [-0.15, -0.1) is 0 Å². The number of hydrogen-bond acceptors (Lipinski definition) is 8. The van der Waals surface area contributed by atoms with Crippen molar-refractivity contribution < 1.29 is 34.6 Å². The average Bonchev–Trinajstić information content (AvgIpc) is 3.12. The molecule has 0 amide bonds. The van der Waals surface area contributed by atoms with E-state index in [1.165, 1.54) is 0 Å². The Morgan fingerprint density at radius 1 is 0.969 bits per heavy atom. The van der Waals surface area contributed by atoms with Crippen LogP contribution in [0.2, 0.25) is 0 Å². The van der Waals surface area contributed by atoms with Crippen LogP contribution in [-0.4, -0.2) is 107 Å². The van der Waals surface area contributed by atoms with Crippen molar-refractivity contribution in [2.45, 2.75) is 86.8 Å². The number of nitrogens with zero attached hydrogens (tertiary/aromatic N) is 1. The molecule has 6 aliphatic rings. The Morgan fingerprint density at radius 3 is 2.28 bits per heavy atom. The lowest BCUT2D eigenvalue weighted by atomic mass is 9.41. The standard InChI is InChI=1S/C24H39NO7/c1-6-25-11-20(2)8-7-14(31-4)23-17(20)18(26)24(29,19(23)25)22(28)10-13(30-3)12-9-21(23,27)16(22)15(12)32-5/h12-19,26-29H,6-11H2,1-5H3/t12-,13+,14+,15+,16+,17-,18+,19+,20+,21+,22-,23-,24-/m1/s1. The van der Waals surface area contributed by atoms with Crippen LogP contribution in [0.4, 0.5) is 0 Å². The maximum absolute atomic E-state index is 12.9. The van der Waals surface area contributed by atoms with Gasteiger partial charge in [0.1, 0.15) is 11.2 Å². The van der Waals surface area contributed by atoms with Gasteiger partial charge in [-0.1, -0.05) is 13.8 Å². The summed E-state index contributed by atoms with van der Waals surface area (Å²) in [6, 6.07) is -0.614. The van der Waals surface area contributed by atoms with Gasteiger partial charge in [-0.05, 0) is 31.2 Å². The minimum atomic E-state index is -1.83. The Balaban J connectivity index is 1.71. The van der Waals surface area contributed by atoms with Gasteiger partial charge in [-0.25, -0.2) is 0 Å². The van der Waals surface area contributed by atoms with Crippen LogP contribution in [0.3, 0.4) is 0 Å². The van der Waals surface area contributed by atoms with Crippen molar-refractivity contribution in [3.05, 3.63) is 0 Å². The van der Waals surface area contributed by atoms with Crippen LogP contribution >= 0.6 is 0 Å². The van der Waals surface area contributed by atoms with Gasteiger partial charge < -0.3 is 34.6 Å². The van der Waals surface area contributed by atoms with E-state index < -0.39 is 46.4 Å². The largest absolute Gasteiger partial charge is 0.390 e. The fourth-order valence-electron chi connectivity index (χ4n) is 10.7. The molecule has 0 unspecified atom stereocenters. The number of likely N-dealkylation sites (N-methyl/N-ethyl adjacent to an activating group) is 1. The van der Waals surface area contributed by atoms with E-state index >= 15 is 0 Å². The highest BCUT2D eigenvalue weighted by Crippen LogP contribution is 2.81. The van der Waals surface area contributed by atoms with E-state index in [0.29, 0.717) is 13.0 Å². The molecule has 1 spiro atoms. The Morgan fingerprint density at radius 2 is 1.69 bits per heavy atom. The monoisotopic (exact) mass is 453 g/mol. The third-order valence-electron chi connectivity index (χ3n) is 11.4. The van der Waals surface area contributed by atoms with Crippen LogP contribution in [0.15, 0.2) is 0 Å². The van der Waals surface area contributed by atoms with Gasteiger partial charge in [0.25, 0.3) is 0 Å². The molecule has 5 aliphatic carbocycles. The number of likely N-dealkylation sites (tertiary alicyclic amines) is 1. The van der Waals surface area contributed by atoms with Gasteiger partial charge in [0.15, 0.2) is 0 Å². The maximum atomic E-state index is 12.9. The lowest BCUT2D eigenvalue weighted by Gasteiger charge is -2.72. The molecule has 6 fully saturated rings. The zero-order valence-electron chi connectivity index (χ0n) is 19.8. The molecule has 32 heavy (non-hydrogen) atoms. The highest BCUT2D eigenvalue weighted by molar-refractivity contribution is 5.45. The van der Waals surface area contributed by atoms with Gasteiger partial charge in [0.2, 0.25) is 0 Å². The highest BCUT2D eigenvalue weighted by atomic mass is 16.5. The van der Waals surface area contributed by atoms with Crippen molar-refractivity contribution in [2.24, 2.45) is 28.6 Å². The van der Waals surface area contributed by atoms with Gasteiger partial charge in [-0.3, -0.25) is 4.90 Å². The lowest BCUT2D eigenvalue weighted by molar-refractivity contribution is -0.355. The average molecular weight is 454 g/mol. The molecule has 1 saturated heterocycles. The molecule has 13 atom stereocenters. The zero-order valence-corrected chi connectivity index (χ0v) is 19.8. The number of aliphatic hydroxyl groups is 4. The molecular formula is C24H39NO7. The van der Waals surface area contributed by atoms with Crippen molar-refractivity contribution >= 4 is 0 Å². The van der Waals surface area contributed by atoms with Crippen molar-refractivity contribution in [1.29, 1.82) is 0 Å². The van der Waals surface area contributed by atoms with E-state index in [-0.39, 0.29) is 35.9 Å². The first-order valence-corrected chi connectivity index (χ1v) is 12.2. The molecule has 8 nitrogen and oxygen atoms in total. The van der Waals surface area contributed by atoms with Crippen molar-refractivity contribution in [3.8, 4) is 0 Å². The van der Waals surface area contributed by atoms with Crippen molar-refractivity contribution in [2.75, 3.05) is 34.4 Å². The van der Waals surface area contributed by atoms with Crippen LogP contribution in [0, 0.1) is 28.6 Å². The Hall–Kier alpha value is -0.320. The fraction of sp³-hybridized carbons (Fsp3) is 1.00. The normalized spacial score (nSPS) is 64.8. The van der Waals surface area contributed by atoms with Crippen LogP contribution < -0.4 is 0 Å². The van der Waals surface area contributed by atoms with E-state index in [1.807, 2.05) is 0 Å². The third-order valence-corrected chi connectivity index (χ3v) is 11.4. The Kier molecular flexibility index (Phi) is 4.34. The second kappa shape index (κ2) is 6.26. The molecule has 8 heteroatoms. The Labute approximate surface area is 189 Å². The van der Waals surface area contributed by atoms with E-state index in [0.717, 1.165) is 19.4 Å². The predicted octanol–water partition coefficient (Wildman–Crippen LogP) is -0.241. The smallest absolute Gasteiger partial charge is 0.136 e. The molecule has 1 aliphatic heterocycles.